The van der Waals surface area contributed by atoms with Crippen molar-refractivity contribution in [3.8, 4) is 0 Å². The minimum atomic E-state index is -0.589. The Bertz CT molecular complexity index is 734. The molecule has 2 rings (SSSR count). The Morgan fingerprint density at radius 1 is 1.22 bits per heavy atom. The van der Waals surface area contributed by atoms with Crippen molar-refractivity contribution >= 4 is 33.5 Å². The molecule has 0 aliphatic heterocycles. The molecule has 23 heavy (non-hydrogen) atoms. The standard InChI is InChI=1S/C17H15BrFNO3/c1-11-5-6-15(14(18)7-11)20-16(21)10-23-17(22)9-12-3-2-4-13(19)8-12/h2-8H,9-10H2,1H3,(H,20,21). The molecule has 2 aromatic rings. The van der Waals surface area contributed by atoms with E-state index in [0.717, 1.165) is 10.0 Å². The molecule has 0 saturated heterocycles. The molecule has 0 heterocycles. The molecule has 0 unspecified atom stereocenters. The van der Waals surface area contributed by atoms with E-state index in [2.05, 4.69) is 21.2 Å². The van der Waals surface area contributed by atoms with E-state index in [1.54, 1.807) is 12.1 Å². The first kappa shape index (κ1) is 17.1. The highest BCUT2D eigenvalue weighted by Crippen LogP contribution is 2.23. The maximum atomic E-state index is 13.0. The quantitative estimate of drug-likeness (QED) is 0.807. The number of halogens is 2. The summed E-state index contributed by atoms with van der Waals surface area (Å²) in [7, 11) is 0. The molecule has 0 aromatic heterocycles. The van der Waals surface area contributed by atoms with Gasteiger partial charge in [-0.15, -0.1) is 0 Å². The van der Waals surface area contributed by atoms with Crippen molar-refractivity contribution in [3.05, 3.63) is 63.9 Å². The Labute approximate surface area is 141 Å². The van der Waals surface area contributed by atoms with Gasteiger partial charge in [-0.2, -0.15) is 0 Å². The first-order valence-electron chi connectivity index (χ1n) is 6.90. The molecular weight excluding hydrogens is 365 g/mol. The highest BCUT2D eigenvalue weighted by molar-refractivity contribution is 9.10. The number of hydrogen-bond donors (Lipinski definition) is 1. The molecule has 0 atom stereocenters. The SMILES string of the molecule is Cc1ccc(NC(=O)COC(=O)Cc2cccc(F)c2)c(Br)c1. The molecule has 0 aliphatic rings. The Hall–Kier alpha value is -2.21. The number of hydrogen-bond acceptors (Lipinski definition) is 3. The van der Waals surface area contributed by atoms with E-state index in [1.165, 1.54) is 18.2 Å². The molecule has 0 bridgehead atoms. The van der Waals surface area contributed by atoms with Gasteiger partial charge in [0.05, 0.1) is 12.1 Å². The molecule has 2 aromatic carbocycles. The first-order chi connectivity index (χ1) is 10.9. The molecule has 1 amide bonds. The number of esters is 1. The van der Waals surface area contributed by atoms with Gasteiger partial charge in [-0.05, 0) is 58.2 Å². The molecule has 120 valence electrons. The summed E-state index contributed by atoms with van der Waals surface area (Å²) < 4.78 is 18.7. The lowest BCUT2D eigenvalue weighted by Crippen LogP contribution is -2.21. The van der Waals surface area contributed by atoms with Gasteiger partial charge in [0, 0.05) is 4.47 Å². The Morgan fingerprint density at radius 3 is 2.70 bits per heavy atom. The maximum Gasteiger partial charge on any atom is 0.310 e. The number of ether oxygens (including phenoxy) is 1. The molecule has 0 spiro atoms. The van der Waals surface area contributed by atoms with E-state index >= 15 is 0 Å². The predicted octanol–water partition coefficient (Wildman–Crippen LogP) is 3.62. The maximum absolute atomic E-state index is 13.0. The van der Waals surface area contributed by atoms with E-state index in [-0.39, 0.29) is 6.42 Å². The van der Waals surface area contributed by atoms with Crippen LogP contribution in [0, 0.1) is 12.7 Å². The van der Waals surface area contributed by atoms with Gasteiger partial charge in [-0.25, -0.2) is 4.39 Å². The zero-order chi connectivity index (χ0) is 16.8. The van der Waals surface area contributed by atoms with Crippen molar-refractivity contribution in [2.24, 2.45) is 0 Å². The fourth-order valence-corrected chi connectivity index (χ4v) is 2.51. The van der Waals surface area contributed by atoms with E-state index < -0.39 is 24.3 Å². The number of carbonyl (C=O) groups is 2. The van der Waals surface area contributed by atoms with E-state index in [0.29, 0.717) is 11.3 Å². The fraction of sp³-hybridized carbons (Fsp3) is 0.176. The van der Waals surface area contributed by atoms with Crippen molar-refractivity contribution in [2.75, 3.05) is 11.9 Å². The van der Waals surface area contributed by atoms with Gasteiger partial charge in [-0.1, -0.05) is 18.2 Å². The summed E-state index contributed by atoms with van der Waals surface area (Å²) >= 11 is 3.35. The van der Waals surface area contributed by atoms with Crippen molar-refractivity contribution in [1.29, 1.82) is 0 Å². The summed E-state index contributed by atoms with van der Waals surface area (Å²) in [6.07, 6.45) is -0.0841. The zero-order valence-corrected chi connectivity index (χ0v) is 14.0. The minimum absolute atomic E-state index is 0.0841. The van der Waals surface area contributed by atoms with Crippen molar-refractivity contribution in [1.82, 2.24) is 0 Å². The molecule has 6 heteroatoms. The lowest BCUT2D eigenvalue weighted by molar-refractivity contribution is -0.146. The Balaban J connectivity index is 1.83. The fourth-order valence-electron chi connectivity index (χ4n) is 1.92. The first-order valence-corrected chi connectivity index (χ1v) is 7.69. The number of benzene rings is 2. The summed E-state index contributed by atoms with van der Waals surface area (Å²) in [6, 6.07) is 11.2. The Kier molecular flexibility index (Phi) is 5.87. The van der Waals surface area contributed by atoms with Crippen LogP contribution >= 0.6 is 15.9 Å². The number of carbonyl (C=O) groups excluding carboxylic acids is 2. The number of aryl methyl sites for hydroxylation is 1. The minimum Gasteiger partial charge on any atom is -0.455 e. The second kappa shape index (κ2) is 7.87. The van der Waals surface area contributed by atoms with Crippen molar-refractivity contribution in [2.45, 2.75) is 13.3 Å². The molecule has 0 aliphatic carbocycles. The van der Waals surface area contributed by atoms with E-state index in [9.17, 15) is 14.0 Å². The highest BCUT2D eigenvalue weighted by atomic mass is 79.9. The Morgan fingerprint density at radius 2 is 2.00 bits per heavy atom. The van der Waals surface area contributed by atoms with Gasteiger partial charge >= 0.3 is 5.97 Å². The molecule has 0 radical (unpaired) electrons. The third-order valence-electron chi connectivity index (χ3n) is 3.00. The van der Waals surface area contributed by atoms with Crippen LogP contribution in [0.3, 0.4) is 0 Å². The van der Waals surface area contributed by atoms with Gasteiger partial charge in [0.25, 0.3) is 5.91 Å². The van der Waals surface area contributed by atoms with Crippen LogP contribution in [0.25, 0.3) is 0 Å². The predicted molar refractivity (Wildman–Crippen MR) is 88.6 cm³/mol. The topological polar surface area (TPSA) is 55.4 Å². The van der Waals surface area contributed by atoms with Crippen LogP contribution in [0.1, 0.15) is 11.1 Å². The summed E-state index contributed by atoms with van der Waals surface area (Å²) in [4.78, 5) is 23.4. The van der Waals surface area contributed by atoms with Crippen LogP contribution in [0.4, 0.5) is 10.1 Å². The van der Waals surface area contributed by atoms with Gasteiger partial charge < -0.3 is 10.1 Å². The van der Waals surface area contributed by atoms with Gasteiger partial charge in [0.1, 0.15) is 5.82 Å². The molecule has 0 fully saturated rings. The lowest BCUT2D eigenvalue weighted by Gasteiger charge is -2.09. The summed E-state index contributed by atoms with van der Waals surface area (Å²) in [5.74, 6) is -1.45. The van der Waals surface area contributed by atoms with Gasteiger partial charge in [0.15, 0.2) is 6.61 Å². The van der Waals surface area contributed by atoms with Gasteiger partial charge in [0.2, 0.25) is 0 Å². The molecular formula is C17H15BrFNO3. The summed E-state index contributed by atoms with van der Waals surface area (Å²) in [6.45, 7) is 1.54. The molecule has 1 N–H and O–H groups in total. The van der Waals surface area contributed by atoms with Crippen LogP contribution in [-0.2, 0) is 20.7 Å². The second-order valence-corrected chi connectivity index (χ2v) is 5.85. The van der Waals surface area contributed by atoms with Crippen LogP contribution in [0.2, 0.25) is 0 Å². The van der Waals surface area contributed by atoms with Crippen molar-refractivity contribution < 1.29 is 18.7 Å². The van der Waals surface area contributed by atoms with Gasteiger partial charge in [-0.3, -0.25) is 9.59 Å². The summed E-state index contributed by atoms with van der Waals surface area (Å²) in [5.41, 5.74) is 2.15. The third kappa shape index (κ3) is 5.49. The van der Waals surface area contributed by atoms with E-state index in [1.807, 2.05) is 19.1 Å². The number of nitrogens with one attached hydrogen (secondary N) is 1. The monoisotopic (exact) mass is 379 g/mol. The highest BCUT2D eigenvalue weighted by Gasteiger charge is 2.10. The number of anilines is 1. The molecule has 4 nitrogen and oxygen atoms in total. The molecule has 0 saturated carbocycles. The largest absolute Gasteiger partial charge is 0.455 e. The van der Waals surface area contributed by atoms with Crippen LogP contribution in [0.5, 0.6) is 0 Å². The van der Waals surface area contributed by atoms with E-state index in [4.69, 9.17) is 4.74 Å². The van der Waals surface area contributed by atoms with Crippen LogP contribution in [0.15, 0.2) is 46.9 Å². The average Bonchev–Trinajstić information content (AvgIpc) is 2.48. The van der Waals surface area contributed by atoms with Crippen molar-refractivity contribution in [3.63, 3.8) is 0 Å². The van der Waals surface area contributed by atoms with Crippen LogP contribution in [-0.4, -0.2) is 18.5 Å². The second-order valence-electron chi connectivity index (χ2n) is 5.00. The number of rotatable bonds is 5. The average molecular weight is 380 g/mol. The summed E-state index contributed by atoms with van der Waals surface area (Å²) in [5, 5.41) is 2.64. The smallest absolute Gasteiger partial charge is 0.310 e. The third-order valence-corrected chi connectivity index (χ3v) is 3.66. The van der Waals surface area contributed by atoms with Crippen LogP contribution < -0.4 is 5.32 Å². The zero-order valence-electron chi connectivity index (χ0n) is 12.4. The number of amides is 1. The lowest BCUT2D eigenvalue weighted by atomic mass is 10.1. The normalized spacial score (nSPS) is 10.2.